The van der Waals surface area contributed by atoms with E-state index in [-0.39, 0.29) is 6.61 Å². The van der Waals surface area contributed by atoms with Crippen LogP contribution in [0.1, 0.15) is 16.8 Å². The number of hydrogen-bond donors (Lipinski definition) is 1. The van der Waals surface area contributed by atoms with Crippen LogP contribution < -0.4 is 4.90 Å². The minimum atomic E-state index is 0.0372. The summed E-state index contributed by atoms with van der Waals surface area (Å²) in [6, 6.07) is 12.1. The van der Waals surface area contributed by atoms with Crippen LogP contribution in [0.4, 0.5) is 5.82 Å². The van der Waals surface area contributed by atoms with Crippen molar-refractivity contribution in [2.24, 2.45) is 0 Å². The number of nitrogens with zero attached hydrogens (tertiary/aromatic N) is 2. The van der Waals surface area contributed by atoms with Gasteiger partial charge >= 0.3 is 0 Å². The molecule has 0 fully saturated rings. The lowest BCUT2D eigenvalue weighted by molar-refractivity contribution is 0.280. The summed E-state index contributed by atoms with van der Waals surface area (Å²) in [6.07, 6.45) is 0. The van der Waals surface area contributed by atoms with E-state index in [4.69, 9.17) is 5.11 Å². The van der Waals surface area contributed by atoms with Gasteiger partial charge in [-0.25, -0.2) is 4.98 Å². The molecular formula is C15H17BrN2O. The molecule has 2 rings (SSSR count). The van der Waals surface area contributed by atoms with Crippen molar-refractivity contribution >= 4 is 21.7 Å². The van der Waals surface area contributed by atoms with Gasteiger partial charge in [0.25, 0.3) is 0 Å². The molecule has 0 aliphatic heterocycles. The highest BCUT2D eigenvalue weighted by Crippen LogP contribution is 2.17. The molecule has 1 aromatic heterocycles. The number of aliphatic hydroxyl groups is 1. The Kier molecular flexibility index (Phi) is 4.56. The smallest absolute Gasteiger partial charge is 0.128 e. The third-order valence-electron chi connectivity index (χ3n) is 3.08. The van der Waals surface area contributed by atoms with Crippen LogP contribution in [-0.4, -0.2) is 17.1 Å². The maximum absolute atomic E-state index is 9.15. The molecule has 1 heterocycles. The van der Waals surface area contributed by atoms with Crippen LogP contribution in [0.2, 0.25) is 0 Å². The zero-order chi connectivity index (χ0) is 13.8. The Balaban J connectivity index is 2.13. The summed E-state index contributed by atoms with van der Waals surface area (Å²) in [6.45, 7) is 2.76. The lowest BCUT2D eigenvalue weighted by Gasteiger charge is -2.19. The zero-order valence-corrected chi connectivity index (χ0v) is 12.7. The molecule has 0 unspecified atom stereocenters. The fourth-order valence-electron chi connectivity index (χ4n) is 1.90. The van der Waals surface area contributed by atoms with E-state index in [1.165, 1.54) is 5.56 Å². The molecule has 0 aliphatic rings. The van der Waals surface area contributed by atoms with Crippen molar-refractivity contribution in [2.45, 2.75) is 20.1 Å². The Morgan fingerprint density at radius 3 is 2.42 bits per heavy atom. The second-order valence-electron chi connectivity index (χ2n) is 4.55. The largest absolute Gasteiger partial charge is 0.392 e. The number of anilines is 1. The topological polar surface area (TPSA) is 36.4 Å². The average Bonchev–Trinajstić information content (AvgIpc) is 2.41. The van der Waals surface area contributed by atoms with Gasteiger partial charge in [-0.3, -0.25) is 0 Å². The van der Waals surface area contributed by atoms with Crippen LogP contribution >= 0.6 is 15.9 Å². The average molecular weight is 321 g/mol. The molecule has 0 saturated heterocycles. The molecule has 0 radical (unpaired) electrons. The molecule has 19 heavy (non-hydrogen) atoms. The van der Waals surface area contributed by atoms with Crippen LogP contribution in [0.15, 0.2) is 40.9 Å². The number of aromatic nitrogens is 1. The molecule has 1 aromatic carbocycles. The number of pyridine rings is 1. The summed E-state index contributed by atoms with van der Waals surface area (Å²) in [5.74, 6) is 0.914. The Bertz CT molecular complexity index is 555. The first-order valence-corrected chi connectivity index (χ1v) is 6.92. The van der Waals surface area contributed by atoms with Crippen LogP contribution in [0.5, 0.6) is 0 Å². The summed E-state index contributed by atoms with van der Waals surface area (Å²) < 4.78 is 1.08. The van der Waals surface area contributed by atoms with Crippen molar-refractivity contribution in [1.82, 2.24) is 4.98 Å². The molecular weight excluding hydrogens is 304 g/mol. The van der Waals surface area contributed by atoms with Gasteiger partial charge in [0.2, 0.25) is 0 Å². The van der Waals surface area contributed by atoms with Gasteiger partial charge in [-0.15, -0.1) is 0 Å². The predicted octanol–water partition coefficient (Wildman–Crippen LogP) is 3.28. The summed E-state index contributed by atoms with van der Waals surface area (Å²) in [7, 11) is 2.02. The van der Waals surface area contributed by atoms with E-state index in [2.05, 4.69) is 37.9 Å². The van der Waals surface area contributed by atoms with Gasteiger partial charge in [0.15, 0.2) is 0 Å². The molecule has 100 valence electrons. The first-order valence-electron chi connectivity index (χ1n) is 6.13. The highest BCUT2D eigenvalue weighted by Gasteiger charge is 2.06. The highest BCUT2D eigenvalue weighted by atomic mass is 79.9. The minimum Gasteiger partial charge on any atom is -0.392 e. The summed E-state index contributed by atoms with van der Waals surface area (Å²) in [5, 5.41) is 9.15. The van der Waals surface area contributed by atoms with Crippen LogP contribution in [0.3, 0.4) is 0 Å². The number of halogens is 1. The Morgan fingerprint density at radius 2 is 1.84 bits per heavy atom. The van der Waals surface area contributed by atoms with Crippen LogP contribution in [-0.2, 0) is 13.2 Å². The van der Waals surface area contributed by atoms with Crippen molar-refractivity contribution in [2.75, 3.05) is 11.9 Å². The number of hydrogen-bond acceptors (Lipinski definition) is 3. The maximum Gasteiger partial charge on any atom is 0.128 e. The SMILES string of the molecule is Cc1nc(N(C)Cc2ccc(Br)cc2)ccc1CO. The molecule has 2 aromatic rings. The summed E-state index contributed by atoms with van der Waals surface area (Å²) in [4.78, 5) is 6.61. The van der Waals surface area contributed by atoms with E-state index in [0.717, 1.165) is 28.1 Å². The van der Waals surface area contributed by atoms with Gasteiger partial charge in [-0.2, -0.15) is 0 Å². The Morgan fingerprint density at radius 1 is 1.16 bits per heavy atom. The Hall–Kier alpha value is -1.39. The van der Waals surface area contributed by atoms with Gasteiger partial charge in [0.05, 0.1) is 6.61 Å². The quantitative estimate of drug-likeness (QED) is 0.939. The van der Waals surface area contributed by atoms with Crippen molar-refractivity contribution in [3.8, 4) is 0 Å². The highest BCUT2D eigenvalue weighted by molar-refractivity contribution is 9.10. The number of aryl methyl sites for hydroxylation is 1. The third-order valence-corrected chi connectivity index (χ3v) is 3.60. The van der Waals surface area contributed by atoms with E-state index in [1.807, 2.05) is 38.2 Å². The molecule has 0 bridgehead atoms. The second kappa shape index (κ2) is 6.17. The molecule has 3 nitrogen and oxygen atoms in total. The van der Waals surface area contributed by atoms with Crippen molar-refractivity contribution in [1.29, 1.82) is 0 Å². The lowest BCUT2D eigenvalue weighted by Crippen LogP contribution is -2.18. The first kappa shape index (κ1) is 14.0. The van der Waals surface area contributed by atoms with Crippen LogP contribution in [0, 0.1) is 6.92 Å². The fourth-order valence-corrected chi connectivity index (χ4v) is 2.17. The van der Waals surface area contributed by atoms with Crippen molar-refractivity contribution in [3.05, 3.63) is 57.7 Å². The second-order valence-corrected chi connectivity index (χ2v) is 5.47. The standard InChI is InChI=1S/C15H17BrN2O/c1-11-13(10-19)5-8-15(17-11)18(2)9-12-3-6-14(16)7-4-12/h3-8,19H,9-10H2,1-2H3. The maximum atomic E-state index is 9.15. The molecule has 0 aliphatic carbocycles. The van der Waals surface area contributed by atoms with Crippen molar-refractivity contribution in [3.63, 3.8) is 0 Å². The third kappa shape index (κ3) is 3.55. The van der Waals surface area contributed by atoms with E-state index < -0.39 is 0 Å². The minimum absolute atomic E-state index is 0.0372. The number of benzene rings is 1. The molecule has 0 spiro atoms. The molecule has 0 saturated carbocycles. The van der Waals surface area contributed by atoms with Gasteiger partial charge in [-0.1, -0.05) is 34.1 Å². The number of aliphatic hydroxyl groups excluding tert-OH is 1. The Labute approximate surface area is 122 Å². The van der Waals surface area contributed by atoms with Gasteiger partial charge in [0, 0.05) is 23.8 Å². The molecule has 4 heteroatoms. The monoisotopic (exact) mass is 320 g/mol. The first-order chi connectivity index (χ1) is 9.10. The molecule has 0 amide bonds. The van der Waals surface area contributed by atoms with E-state index in [0.29, 0.717) is 0 Å². The zero-order valence-electron chi connectivity index (χ0n) is 11.1. The van der Waals surface area contributed by atoms with Crippen LogP contribution in [0.25, 0.3) is 0 Å². The van der Waals surface area contributed by atoms with E-state index in [9.17, 15) is 0 Å². The molecule has 1 N–H and O–H groups in total. The predicted molar refractivity (Wildman–Crippen MR) is 81.1 cm³/mol. The fraction of sp³-hybridized carbons (Fsp3) is 0.267. The van der Waals surface area contributed by atoms with E-state index in [1.54, 1.807) is 0 Å². The molecule has 0 atom stereocenters. The normalized spacial score (nSPS) is 10.5. The summed E-state index contributed by atoms with van der Waals surface area (Å²) in [5.41, 5.74) is 2.99. The number of rotatable bonds is 4. The van der Waals surface area contributed by atoms with Gasteiger partial charge in [0.1, 0.15) is 5.82 Å². The lowest BCUT2D eigenvalue weighted by atomic mass is 10.2. The van der Waals surface area contributed by atoms with Crippen molar-refractivity contribution < 1.29 is 5.11 Å². The van der Waals surface area contributed by atoms with E-state index >= 15 is 0 Å². The van der Waals surface area contributed by atoms with Gasteiger partial charge in [-0.05, 0) is 36.2 Å². The summed E-state index contributed by atoms with van der Waals surface area (Å²) >= 11 is 3.43. The van der Waals surface area contributed by atoms with Gasteiger partial charge < -0.3 is 10.0 Å².